The van der Waals surface area contributed by atoms with Crippen molar-refractivity contribution in [2.24, 2.45) is 0 Å². The number of nitrogens with zero attached hydrogens (tertiary/aromatic N) is 3. The van der Waals surface area contributed by atoms with Crippen LogP contribution in [-0.2, 0) is 6.42 Å². The van der Waals surface area contributed by atoms with Gasteiger partial charge in [-0.05, 0) is 43.6 Å². The van der Waals surface area contributed by atoms with E-state index in [9.17, 15) is 0 Å². The summed E-state index contributed by atoms with van der Waals surface area (Å²) in [6, 6.07) is 3.50. The van der Waals surface area contributed by atoms with E-state index in [-0.39, 0.29) is 0 Å². The number of piperidine rings is 1. The van der Waals surface area contributed by atoms with Gasteiger partial charge in [-0.2, -0.15) is 11.8 Å². The molecule has 0 radical (unpaired) electrons. The van der Waals surface area contributed by atoms with E-state index in [4.69, 9.17) is 0 Å². The third-order valence-electron chi connectivity index (χ3n) is 4.67. The summed E-state index contributed by atoms with van der Waals surface area (Å²) in [5, 5.41) is 3.60. The molecule has 0 bridgehead atoms. The summed E-state index contributed by atoms with van der Waals surface area (Å²) in [5.41, 5.74) is 1.12. The fourth-order valence-electron chi connectivity index (χ4n) is 3.34. The molecule has 2 saturated heterocycles. The lowest BCUT2D eigenvalue weighted by atomic mass is 10.0. The predicted molar refractivity (Wildman–Crippen MR) is 90.0 cm³/mol. The monoisotopic (exact) mass is 306 g/mol. The maximum absolute atomic E-state index is 4.35. The van der Waals surface area contributed by atoms with Gasteiger partial charge in [-0.15, -0.1) is 0 Å². The summed E-state index contributed by atoms with van der Waals surface area (Å²) in [6.45, 7) is 4.60. The highest BCUT2D eigenvalue weighted by molar-refractivity contribution is 7.99. The fraction of sp³-hybridized carbons (Fsp3) is 0.750. The minimum atomic E-state index is 0.568. The molecule has 0 aliphatic carbocycles. The van der Waals surface area contributed by atoms with E-state index in [2.05, 4.69) is 44.9 Å². The van der Waals surface area contributed by atoms with E-state index >= 15 is 0 Å². The lowest BCUT2D eigenvalue weighted by molar-refractivity contribution is 0.148. The summed E-state index contributed by atoms with van der Waals surface area (Å²) in [5.74, 6) is 3.70. The van der Waals surface area contributed by atoms with E-state index in [0.717, 1.165) is 24.0 Å². The molecule has 0 saturated carbocycles. The average Bonchev–Trinajstić information content (AvgIpc) is 2.56. The molecule has 0 amide bonds. The summed E-state index contributed by atoms with van der Waals surface area (Å²) in [6.07, 6.45) is 7.87. The lowest BCUT2D eigenvalue weighted by Gasteiger charge is -2.39. The van der Waals surface area contributed by atoms with Gasteiger partial charge in [-0.1, -0.05) is 6.92 Å². The van der Waals surface area contributed by atoms with Gasteiger partial charge in [0.15, 0.2) is 0 Å². The molecule has 0 aromatic carbocycles. The van der Waals surface area contributed by atoms with Gasteiger partial charge in [0.1, 0.15) is 12.1 Å². The standard InChI is InChI=1S/C16H26N4S/c1-2-13-11-16(18-12-17-13)19-14-3-7-20(8-4-14)15-5-9-21-10-6-15/h11-12,14-15H,2-10H2,1H3,(H,17,18,19). The van der Waals surface area contributed by atoms with Crippen molar-refractivity contribution in [3.05, 3.63) is 18.1 Å². The van der Waals surface area contributed by atoms with Crippen molar-refractivity contribution in [3.63, 3.8) is 0 Å². The second-order valence-corrected chi connectivity index (χ2v) is 7.27. The number of aryl methyl sites for hydroxylation is 1. The molecular formula is C16H26N4S. The molecule has 0 spiro atoms. The normalized spacial score (nSPS) is 22.3. The number of thioether (sulfide) groups is 1. The van der Waals surface area contributed by atoms with Crippen LogP contribution in [0.5, 0.6) is 0 Å². The van der Waals surface area contributed by atoms with Crippen LogP contribution < -0.4 is 5.32 Å². The lowest BCUT2D eigenvalue weighted by Crippen LogP contribution is -2.45. The van der Waals surface area contributed by atoms with Crippen molar-refractivity contribution in [2.45, 2.75) is 51.1 Å². The van der Waals surface area contributed by atoms with Gasteiger partial charge in [0.05, 0.1) is 0 Å². The molecule has 2 fully saturated rings. The summed E-state index contributed by atoms with van der Waals surface area (Å²) in [4.78, 5) is 11.3. The van der Waals surface area contributed by atoms with E-state index in [0.29, 0.717) is 6.04 Å². The molecule has 4 nitrogen and oxygen atoms in total. The maximum atomic E-state index is 4.35. The Bertz CT molecular complexity index is 440. The van der Waals surface area contributed by atoms with Crippen LogP contribution in [-0.4, -0.2) is 51.5 Å². The third-order valence-corrected chi connectivity index (χ3v) is 5.72. The summed E-state index contributed by atoms with van der Waals surface area (Å²) in [7, 11) is 0. The molecule has 3 rings (SSSR count). The number of rotatable bonds is 4. The van der Waals surface area contributed by atoms with Crippen molar-refractivity contribution in [3.8, 4) is 0 Å². The van der Waals surface area contributed by atoms with Crippen LogP contribution in [0.1, 0.15) is 38.3 Å². The van der Waals surface area contributed by atoms with E-state index in [1.807, 2.05) is 0 Å². The Morgan fingerprint density at radius 1 is 1.19 bits per heavy atom. The van der Waals surface area contributed by atoms with E-state index in [1.165, 1.54) is 50.3 Å². The van der Waals surface area contributed by atoms with Crippen molar-refractivity contribution in [1.29, 1.82) is 0 Å². The number of anilines is 1. The zero-order valence-corrected chi connectivity index (χ0v) is 13.7. The first kappa shape index (κ1) is 15.1. The number of hydrogen-bond donors (Lipinski definition) is 1. The second kappa shape index (κ2) is 7.45. The van der Waals surface area contributed by atoms with Crippen molar-refractivity contribution in [1.82, 2.24) is 14.9 Å². The molecule has 1 aromatic rings. The van der Waals surface area contributed by atoms with Gasteiger partial charge in [-0.25, -0.2) is 9.97 Å². The number of aromatic nitrogens is 2. The highest BCUT2D eigenvalue weighted by Gasteiger charge is 2.26. The van der Waals surface area contributed by atoms with Crippen molar-refractivity contribution in [2.75, 3.05) is 29.9 Å². The smallest absolute Gasteiger partial charge is 0.129 e. The molecule has 3 heterocycles. The van der Waals surface area contributed by atoms with Crippen LogP contribution in [0.15, 0.2) is 12.4 Å². The molecule has 2 aliphatic heterocycles. The topological polar surface area (TPSA) is 41.0 Å². The highest BCUT2D eigenvalue weighted by atomic mass is 32.2. The molecule has 5 heteroatoms. The minimum Gasteiger partial charge on any atom is -0.367 e. The summed E-state index contributed by atoms with van der Waals surface area (Å²) < 4.78 is 0. The zero-order valence-electron chi connectivity index (χ0n) is 12.9. The van der Waals surface area contributed by atoms with Gasteiger partial charge in [0, 0.05) is 36.9 Å². The van der Waals surface area contributed by atoms with Gasteiger partial charge in [0.2, 0.25) is 0 Å². The zero-order chi connectivity index (χ0) is 14.5. The van der Waals surface area contributed by atoms with Crippen LogP contribution in [0.25, 0.3) is 0 Å². The van der Waals surface area contributed by atoms with Crippen LogP contribution in [0.2, 0.25) is 0 Å². The van der Waals surface area contributed by atoms with Crippen LogP contribution in [0, 0.1) is 0 Å². The molecule has 0 atom stereocenters. The summed E-state index contributed by atoms with van der Waals surface area (Å²) >= 11 is 2.12. The second-order valence-electron chi connectivity index (χ2n) is 6.05. The Hall–Kier alpha value is -0.810. The average molecular weight is 306 g/mol. The molecule has 2 aliphatic rings. The predicted octanol–water partition coefficient (Wildman–Crippen LogP) is 2.81. The Morgan fingerprint density at radius 2 is 1.95 bits per heavy atom. The minimum absolute atomic E-state index is 0.568. The van der Waals surface area contributed by atoms with Gasteiger partial charge in [0.25, 0.3) is 0 Å². The molecule has 1 aromatic heterocycles. The number of hydrogen-bond acceptors (Lipinski definition) is 5. The van der Waals surface area contributed by atoms with E-state index < -0.39 is 0 Å². The van der Waals surface area contributed by atoms with Gasteiger partial charge >= 0.3 is 0 Å². The molecule has 1 N–H and O–H groups in total. The first-order valence-electron chi connectivity index (χ1n) is 8.24. The SMILES string of the molecule is CCc1cc(NC2CCN(C3CCSCC3)CC2)ncn1. The van der Waals surface area contributed by atoms with Crippen molar-refractivity contribution >= 4 is 17.6 Å². The first-order valence-corrected chi connectivity index (χ1v) is 9.40. The molecule has 0 unspecified atom stereocenters. The van der Waals surface area contributed by atoms with Gasteiger partial charge in [-0.3, -0.25) is 0 Å². The number of likely N-dealkylation sites (tertiary alicyclic amines) is 1. The number of nitrogens with one attached hydrogen (secondary N) is 1. The van der Waals surface area contributed by atoms with Gasteiger partial charge < -0.3 is 10.2 Å². The Labute approximate surface area is 132 Å². The van der Waals surface area contributed by atoms with Crippen LogP contribution in [0.4, 0.5) is 5.82 Å². The van der Waals surface area contributed by atoms with Crippen LogP contribution in [0.3, 0.4) is 0 Å². The van der Waals surface area contributed by atoms with Crippen molar-refractivity contribution < 1.29 is 0 Å². The Morgan fingerprint density at radius 3 is 2.67 bits per heavy atom. The largest absolute Gasteiger partial charge is 0.367 e. The molecule has 116 valence electrons. The quantitative estimate of drug-likeness (QED) is 0.926. The maximum Gasteiger partial charge on any atom is 0.129 e. The Kier molecular flexibility index (Phi) is 5.36. The Balaban J connectivity index is 1.48. The fourth-order valence-corrected chi connectivity index (χ4v) is 4.42. The highest BCUT2D eigenvalue weighted by Crippen LogP contribution is 2.25. The van der Waals surface area contributed by atoms with Crippen LogP contribution >= 0.6 is 11.8 Å². The first-order chi connectivity index (χ1) is 10.3. The molecular weight excluding hydrogens is 280 g/mol. The molecule has 21 heavy (non-hydrogen) atoms. The third kappa shape index (κ3) is 4.10. The van der Waals surface area contributed by atoms with E-state index in [1.54, 1.807) is 6.33 Å².